The molecule has 4 aromatic rings. The van der Waals surface area contributed by atoms with Crippen LogP contribution in [0.5, 0.6) is 0 Å². The van der Waals surface area contributed by atoms with E-state index in [4.69, 9.17) is 11.6 Å². The van der Waals surface area contributed by atoms with Crippen molar-refractivity contribution in [3.8, 4) is 0 Å². The Morgan fingerprint density at radius 2 is 1.94 bits per heavy atom. The van der Waals surface area contributed by atoms with Gasteiger partial charge in [0.1, 0.15) is 5.52 Å². The van der Waals surface area contributed by atoms with Crippen molar-refractivity contribution in [2.24, 2.45) is 0 Å². The number of amides is 1. The van der Waals surface area contributed by atoms with Gasteiger partial charge in [-0.1, -0.05) is 35.9 Å². The van der Waals surface area contributed by atoms with Gasteiger partial charge in [-0.2, -0.15) is 4.31 Å². The average molecular weight is 517 g/mol. The highest BCUT2D eigenvalue weighted by Gasteiger charge is 2.26. The van der Waals surface area contributed by atoms with Crippen molar-refractivity contribution in [3.63, 3.8) is 0 Å². The van der Waals surface area contributed by atoms with E-state index in [1.54, 1.807) is 46.8 Å². The Hall–Kier alpha value is -2.73. The van der Waals surface area contributed by atoms with Crippen LogP contribution in [0.3, 0.4) is 0 Å². The number of thioether (sulfide) groups is 1. The first kappa shape index (κ1) is 23.0. The number of carbonyl (C=O) groups is 1. The minimum absolute atomic E-state index is 0.0954. The Morgan fingerprint density at radius 1 is 1.12 bits per heavy atom. The Balaban J connectivity index is 1.34. The maximum atomic E-state index is 13.1. The van der Waals surface area contributed by atoms with Crippen molar-refractivity contribution in [2.45, 2.75) is 29.3 Å². The van der Waals surface area contributed by atoms with Gasteiger partial charge in [0.05, 0.1) is 10.6 Å². The van der Waals surface area contributed by atoms with Gasteiger partial charge in [0.2, 0.25) is 21.1 Å². The molecule has 176 valence electrons. The first-order valence-electron chi connectivity index (χ1n) is 10.7. The highest BCUT2D eigenvalue weighted by Crippen LogP contribution is 2.28. The van der Waals surface area contributed by atoms with Crippen LogP contribution in [-0.4, -0.2) is 57.6 Å². The first-order chi connectivity index (χ1) is 16.4. The number of aromatic amines is 1. The molecular formula is C22H21ClN6O3S2. The van der Waals surface area contributed by atoms with Crippen LogP contribution >= 0.6 is 23.4 Å². The maximum absolute atomic E-state index is 13.1. The Kier molecular flexibility index (Phi) is 6.43. The van der Waals surface area contributed by atoms with Gasteiger partial charge in [0.15, 0.2) is 5.65 Å². The second-order valence-corrected chi connectivity index (χ2v) is 11.3. The number of H-pyrrole nitrogens is 1. The van der Waals surface area contributed by atoms with Gasteiger partial charge >= 0.3 is 0 Å². The number of piperidine rings is 1. The first-order valence-corrected chi connectivity index (χ1v) is 13.5. The number of hydrogen-bond donors (Lipinski definition) is 2. The molecule has 1 aliphatic rings. The van der Waals surface area contributed by atoms with Crippen LogP contribution in [0.4, 0.5) is 5.69 Å². The summed E-state index contributed by atoms with van der Waals surface area (Å²) in [7, 11) is -3.56. The van der Waals surface area contributed by atoms with E-state index in [0.29, 0.717) is 45.5 Å². The number of rotatable bonds is 6. The molecule has 1 amide bonds. The summed E-state index contributed by atoms with van der Waals surface area (Å²) in [5.74, 6) is -0.127. The number of halogens is 1. The lowest BCUT2D eigenvalue weighted by Gasteiger charge is -2.25. The number of hydrogen-bond acceptors (Lipinski definition) is 7. The van der Waals surface area contributed by atoms with Crippen LogP contribution in [0.2, 0.25) is 5.02 Å². The zero-order valence-electron chi connectivity index (χ0n) is 18.0. The van der Waals surface area contributed by atoms with Crippen molar-refractivity contribution in [1.82, 2.24) is 24.5 Å². The summed E-state index contributed by atoms with van der Waals surface area (Å²) in [5, 5.41) is 12.7. The Bertz CT molecular complexity index is 1480. The molecule has 12 heteroatoms. The predicted octanol–water partition coefficient (Wildman–Crippen LogP) is 4.06. The quantitative estimate of drug-likeness (QED) is 0.370. The van der Waals surface area contributed by atoms with E-state index < -0.39 is 10.0 Å². The zero-order valence-corrected chi connectivity index (χ0v) is 20.4. The van der Waals surface area contributed by atoms with E-state index in [0.717, 1.165) is 36.5 Å². The third kappa shape index (κ3) is 4.74. The number of carbonyl (C=O) groups excluding carboxylic acids is 1. The van der Waals surface area contributed by atoms with E-state index in [2.05, 4.69) is 25.5 Å². The standard InChI is InChI=1S/C22H21ClN6O3S2/c23-14-5-4-6-15(11-14)24-19(30)13-33-22-26-21-20(27-28-22)17-12-16(7-8-18(17)25-21)34(31,32)29-9-2-1-3-10-29/h4-8,11-12H,1-3,9-10,13H2,(H,24,30)(H,25,26,28). The molecule has 2 aromatic heterocycles. The van der Waals surface area contributed by atoms with Crippen molar-refractivity contribution in [1.29, 1.82) is 0 Å². The van der Waals surface area contributed by atoms with Crippen LogP contribution in [0.25, 0.3) is 22.1 Å². The van der Waals surface area contributed by atoms with Crippen LogP contribution in [0.1, 0.15) is 19.3 Å². The number of benzene rings is 2. The summed E-state index contributed by atoms with van der Waals surface area (Å²) in [6.45, 7) is 1.09. The lowest BCUT2D eigenvalue weighted by Crippen LogP contribution is -2.35. The molecule has 0 spiro atoms. The molecule has 2 aromatic carbocycles. The summed E-state index contributed by atoms with van der Waals surface area (Å²) in [4.78, 5) is 20.1. The molecule has 1 aliphatic heterocycles. The molecule has 0 atom stereocenters. The minimum atomic E-state index is -3.56. The van der Waals surface area contributed by atoms with Crippen molar-refractivity contribution in [3.05, 3.63) is 47.5 Å². The van der Waals surface area contributed by atoms with Gasteiger partial charge in [0, 0.05) is 34.7 Å². The average Bonchev–Trinajstić information content (AvgIpc) is 3.20. The molecular weight excluding hydrogens is 496 g/mol. The van der Waals surface area contributed by atoms with Crippen molar-refractivity contribution < 1.29 is 13.2 Å². The SMILES string of the molecule is O=C(CSc1nnc2c(n1)[nH]c1ccc(S(=O)(=O)N3CCCCC3)cc12)Nc1cccc(Cl)c1. The molecule has 0 unspecified atom stereocenters. The van der Waals surface area contributed by atoms with Crippen LogP contribution in [0, 0.1) is 0 Å². The largest absolute Gasteiger partial charge is 0.338 e. The molecule has 5 rings (SSSR count). The van der Waals surface area contributed by atoms with Crippen LogP contribution in [0.15, 0.2) is 52.5 Å². The molecule has 2 N–H and O–H groups in total. The third-order valence-electron chi connectivity index (χ3n) is 5.56. The van der Waals surface area contributed by atoms with Gasteiger partial charge in [0.25, 0.3) is 0 Å². The lowest BCUT2D eigenvalue weighted by molar-refractivity contribution is -0.113. The molecule has 34 heavy (non-hydrogen) atoms. The highest BCUT2D eigenvalue weighted by molar-refractivity contribution is 7.99. The second-order valence-electron chi connectivity index (χ2n) is 7.94. The molecule has 1 fully saturated rings. The van der Waals surface area contributed by atoms with Gasteiger partial charge in [-0.3, -0.25) is 4.79 Å². The number of sulfonamides is 1. The molecule has 3 heterocycles. The Labute approximate surface area is 205 Å². The van der Waals surface area contributed by atoms with E-state index in [9.17, 15) is 13.2 Å². The molecule has 0 bridgehead atoms. The monoisotopic (exact) mass is 516 g/mol. The van der Waals surface area contributed by atoms with Crippen molar-refractivity contribution >= 4 is 67.0 Å². The fourth-order valence-electron chi connectivity index (χ4n) is 3.90. The smallest absolute Gasteiger partial charge is 0.243 e. The maximum Gasteiger partial charge on any atom is 0.243 e. The predicted molar refractivity (Wildman–Crippen MR) is 133 cm³/mol. The lowest BCUT2D eigenvalue weighted by atomic mass is 10.2. The number of fused-ring (bicyclic) bond motifs is 3. The third-order valence-corrected chi connectivity index (χ3v) is 8.53. The molecule has 9 nitrogen and oxygen atoms in total. The molecule has 1 saturated heterocycles. The van der Waals surface area contributed by atoms with E-state index in [1.807, 2.05) is 0 Å². The van der Waals surface area contributed by atoms with E-state index >= 15 is 0 Å². The van der Waals surface area contributed by atoms with E-state index in [1.165, 1.54) is 0 Å². The zero-order chi connectivity index (χ0) is 23.7. The number of nitrogens with one attached hydrogen (secondary N) is 2. The topological polar surface area (TPSA) is 121 Å². The Morgan fingerprint density at radius 3 is 2.74 bits per heavy atom. The van der Waals surface area contributed by atoms with E-state index in [-0.39, 0.29) is 16.6 Å². The summed E-state index contributed by atoms with van der Waals surface area (Å²) in [6.07, 6.45) is 2.81. The van der Waals surface area contributed by atoms with Crippen LogP contribution in [-0.2, 0) is 14.8 Å². The summed E-state index contributed by atoms with van der Waals surface area (Å²) in [6, 6.07) is 11.9. The fourth-order valence-corrected chi connectivity index (χ4v) is 6.23. The molecule has 0 radical (unpaired) electrons. The van der Waals surface area contributed by atoms with Gasteiger partial charge in [-0.05, 0) is 49.2 Å². The highest BCUT2D eigenvalue weighted by atomic mass is 35.5. The summed E-state index contributed by atoms with van der Waals surface area (Å²) in [5.41, 5.74) is 2.29. The van der Waals surface area contributed by atoms with Gasteiger partial charge in [-0.15, -0.1) is 10.2 Å². The molecule has 0 saturated carbocycles. The minimum Gasteiger partial charge on any atom is -0.338 e. The van der Waals surface area contributed by atoms with Crippen molar-refractivity contribution in [2.75, 3.05) is 24.2 Å². The molecule has 0 aliphatic carbocycles. The number of anilines is 1. The fraction of sp³-hybridized carbons (Fsp3) is 0.273. The van der Waals surface area contributed by atoms with Gasteiger partial charge in [-0.25, -0.2) is 13.4 Å². The summed E-state index contributed by atoms with van der Waals surface area (Å²) < 4.78 is 27.7. The normalized spacial score (nSPS) is 15.1. The van der Waals surface area contributed by atoms with Crippen LogP contribution < -0.4 is 5.32 Å². The second kappa shape index (κ2) is 9.49. The van der Waals surface area contributed by atoms with Gasteiger partial charge < -0.3 is 10.3 Å². The number of aromatic nitrogens is 4. The number of nitrogens with zero attached hydrogens (tertiary/aromatic N) is 4. The summed E-state index contributed by atoms with van der Waals surface area (Å²) >= 11 is 7.09.